The summed E-state index contributed by atoms with van der Waals surface area (Å²) >= 11 is 0. The Morgan fingerprint density at radius 1 is 1.28 bits per heavy atom. The van der Waals surface area contributed by atoms with Crippen molar-refractivity contribution in [2.75, 3.05) is 25.7 Å². The lowest BCUT2D eigenvalue weighted by atomic mass is 10.3. The fourth-order valence-corrected chi connectivity index (χ4v) is 1.19. The quantitative estimate of drug-likeness (QED) is 0.643. The first-order valence-corrected chi connectivity index (χ1v) is 5.30. The van der Waals surface area contributed by atoms with Gasteiger partial charge in [0.15, 0.2) is 0 Å². The number of hydrazine groups is 2. The Kier molecular flexibility index (Phi) is 5.46. The lowest BCUT2D eigenvalue weighted by molar-refractivity contribution is -0.119. The number of ether oxygens (including phenoxy) is 1. The number of methoxy groups -OCH3 is 1. The molecule has 0 heterocycles. The van der Waals surface area contributed by atoms with Gasteiger partial charge >= 0.3 is 6.09 Å². The van der Waals surface area contributed by atoms with Crippen LogP contribution in [0.5, 0.6) is 0 Å². The van der Waals surface area contributed by atoms with E-state index in [2.05, 4.69) is 21.0 Å². The van der Waals surface area contributed by atoms with Crippen LogP contribution in [-0.4, -0.2) is 32.7 Å². The molecule has 0 fully saturated rings. The van der Waals surface area contributed by atoms with E-state index in [9.17, 15) is 9.59 Å². The molecule has 1 aromatic rings. The summed E-state index contributed by atoms with van der Waals surface area (Å²) in [5.74, 6) is -0.196. The Balaban J connectivity index is 2.69. The molecule has 0 aliphatic heterocycles. The maximum atomic E-state index is 11.4. The molecular formula is C11H16N4O3. The molecule has 0 radical (unpaired) electrons. The molecule has 0 spiro atoms. The molecule has 1 rings (SSSR count). The van der Waals surface area contributed by atoms with Crippen molar-refractivity contribution < 1.29 is 14.3 Å². The third kappa shape index (κ3) is 4.30. The molecule has 18 heavy (non-hydrogen) atoms. The highest BCUT2D eigenvalue weighted by Crippen LogP contribution is 2.09. The SMILES string of the molecule is CNC(=O)CN(NNC(=O)OC)c1ccccc1. The predicted molar refractivity (Wildman–Crippen MR) is 66.5 cm³/mol. The highest BCUT2D eigenvalue weighted by Gasteiger charge is 2.11. The molecule has 7 nitrogen and oxygen atoms in total. The topological polar surface area (TPSA) is 82.7 Å². The van der Waals surface area contributed by atoms with Gasteiger partial charge in [0.05, 0.1) is 12.8 Å². The largest absolute Gasteiger partial charge is 0.452 e. The average Bonchev–Trinajstić information content (AvgIpc) is 2.43. The number of hydrogen-bond donors (Lipinski definition) is 3. The minimum Gasteiger partial charge on any atom is -0.452 e. The smallest absolute Gasteiger partial charge is 0.422 e. The van der Waals surface area contributed by atoms with Gasteiger partial charge in [0.25, 0.3) is 0 Å². The maximum Gasteiger partial charge on any atom is 0.422 e. The first-order valence-electron chi connectivity index (χ1n) is 5.30. The van der Waals surface area contributed by atoms with Gasteiger partial charge in [0, 0.05) is 7.05 Å². The van der Waals surface area contributed by atoms with Gasteiger partial charge in [-0.05, 0) is 12.1 Å². The molecule has 3 N–H and O–H groups in total. The van der Waals surface area contributed by atoms with Crippen LogP contribution in [0, 0.1) is 0 Å². The number of nitrogens with zero attached hydrogens (tertiary/aromatic N) is 1. The number of rotatable bonds is 5. The third-order valence-corrected chi connectivity index (χ3v) is 2.13. The minimum absolute atomic E-state index is 0.0461. The van der Waals surface area contributed by atoms with Crippen LogP contribution in [0.25, 0.3) is 0 Å². The second-order valence-electron chi connectivity index (χ2n) is 3.32. The van der Waals surface area contributed by atoms with Crippen LogP contribution >= 0.6 is 0 Å². The summed E-state index contributed by atoms with van der Waals surface area (Å²) in [6, 6.07) is 9.11. The Morgan fingerprint density at radius 3 is 2.50 bits per heavy atom. The zero-order valence-corrected chi connectivity index (χ0v) is 10.3. The van der Waals surface area contributed by atoms with E-state index in [0.29, 0.717) is 0 Å². The van der Waals surface area contributed by atoms with Crippen molar-refractivity contribution in [1.29, 1.82) is 0 Å². The first-order chi connectivity index (χ1) is 8.67. The highest BCUT2D eigenvalue weighted by molar-refractivity contribution is 5.80. The van der Waals surface area contributed by atoms with E-state index in [1.54, 1.807) is 19.2 Å². The van der Waals surface area contributed by atoms with Crippen LogP contribution in [0.4, 0.5) is 10.5 Å². The summed E-state index contributed by atoms with van der Waals surface area (Å²) < 4.78 is 4.43. The van der Waals surface area contributed by atoms with Gasteiger partial charge in [-0.3, -0.25) is 9.80 Å². The average molecular weight is 252 g/mol. The van der Waals surface area contributed by atoms with Crippen LogP contribution in [0.3, 0.4) is 0 Å². The number of nitrogens with one attached hydrogen (secondary N) is 3. The van der Waals surface area contributed by atoms with Crippen molar-refractivity contribution in [2.45, 2.75) is 0 Å². The molecule has 98 valence electrons. The molecule has 0 aliphatic rings. The fourth-order valence-electron chi connectivity index (χ4n) is 1.19. The summed E-state index contributed by atoms with van der Waals surface area (Å²) in [6.07, 6.45) is -0.646. The number of amides is 2. The highest BCUT2D eigenvalue weighted by atomic mass is 16.5. The summed E-state index contributed by atoms with van der Waals surface area (Å²) in [6.45, 7) is 0.0461. The molecule has 0 aromatic heterocycles. The molecule has 0 saturated heterocycles. The summed E-state index contributed by atoms with van der Waals surface area (Å²) in [4.78, 5) is 22.4. The van der Waals surface area contributed by atoms with Crippen LogP contribution in [-0.2, 0) is 9.53 Å². The maximum absolute atomic E-state index is 11.4. The molecule has 2 amide bonds. The number of benzene rings is 1. The van der Waals surface area contributed by atoms with Crippen LogP contribution in [0.1, 0.15) is 0 Å². The Bertz CT molecular complexity index is 397. The first kappa shape index (κ1) is 13.8. The van der Waals surface area contributed by atoms with Crippen molar-refractivity contribution in [2.24, 2.45) is 0 Å². The zero-order valence-electron chi connectivity index (χ0n) is 10.3. The van der Waals surface area contributed by atoms with Gasteiger partial charge in [-0.2, -0.15) is 0 Å². The van der Waals surface area contributed by atoms with E-state index in [0.717, 1.165) is 5.69 Å². The lowest BCUT2D eigenvalue weighted by Gasteiger charge is -2.24. The number of carbonyl (C=O) groups is 2. The van der Waals surface area contributed by atoms with Crippen molar-refractivity contribution in [1.82, 2.24) is 16.3 Å². The molecule has 0 saturated carbocycles. The van der Waals surface area contributed by atoms with E-state index >= 15 is 0 Å². The van der Waals surface area contributed by atoms with Gasteiger partial charge in [0.1, 0.15) is 6.54 Å². The molecule has 0 aliphatic carbocycles. The van der Waals surface area contributed by atoms with Gasteiger partial charge in [0.2, 0.25) is 5.91 Å². The summed E-state index contributed by atoms with van der Waals surface area (Å²) in [7, 11) is 2.79. The molecule has 0 atom stereocenters. The minimum atomic E-state index is -0.646. The van der Waals surface area contributed by atoms with Gasteiger partial charge in [-0.15, -0.1) is 5.53 Å². The summed E-state index contributed by atoms with van der Waals surface area (Å²) in [5.41, 5.74) is 5.63. The van der Waals surface area contributed by atoms with Crippen molar-refractivity contribution in [3.63, 3.8) is 0 Å². The molecule has 0 bridgehead atoms. The van der Waals surface area contributed by atoms with Crippen molar-refractivity contribution in [3.8, 4) is 0 Å². The van der Waals surface area contributed by atoms with Crippen molar-refractivity contribution in [3.05, 3.63) is 30.3 Å². The number of hydrogen-bond acceptors (Lipinski definition) is 5. The van der Waals surface area contributed by atoms with Gasteiger partial charge in [-0.1, -0.05) is 18.2 Å². The predicted octanol–water partition coefficient (Wildman–Crippen LogP) is 0.0146. The van der Waals surface area contributed by atoms with Gasteiger partial charge < -0.3 is 10.1 Å². The van der Waals surface area contributed by atoms with E-state index in [1.807, 2.05) is 18.2 Å². The van der Waals surface area contributed by atoms with Crippen molar-refractivity contribution >= 4 is 17.7 Å². The van der Waals surface area contributed by atoms with E-state index < -0.39 is 6.09 Å². The molecule has 0 unspecified atom stereocenters. The third-order valence-electron chi connectivity index (χ3n) is 2.13. The Labute approximate surface area is 105 Å². The van der Waals surface area contributed by atoms with E-state index in [-0.39, 0.29) is 12.5 Å². The van der Waals surface area contributed by atoms with Gasteiger partial charge in [-0.25, -0.2) is 10.2 Å². The summed E-state index contributed by atoms with van der Waals surface area (Å²) in [5, 5.41) is 3.98. The second kappa shape index (κ2) is 7.13. The normalized spacial score (nSPS) is 9.44. The molecule has 7 heteroatoms. The zero-order chi connectivity index (χ0) is 13.4. The standard InChI is InChI=1S/C11H16N4O3/c1-12-10(16)8-15(14-13-11(17)18-2)9-6-4-3-5-7-9/h3-7,14H,8H2,1-2H3,(H,12,16)(H,13,17). The van der Waals surface area contributed by atoms with E-state index in [4.69, 9.17) is 0 Å². The fraction of sp³-hybridized carbons (Fsp3) is 0.273. The number of carbonyl (C=O) groups excluding carboxylic acids is 2. The number of likely N-dealkylation sites (N-methyl/N-ethyl adjacent to an activating group) is 1. The number of anilines is 1. The lowest BCUT2D eigenvalue weighted by Crippen LogP contribution is -2.52. The number of para-hydroxylation sites is 1. The monoisotopic (exact) mass is 252 g/mol. The second-order valence-corrected chi connectivity index (χ2v) is 3.32. The van der Waals surface area contributed by atoms with Crippen LogP contribution < -0.4 is 21.3 Å². The van der Waals surface area contributed by atoms with Crippen LogP contribution in [0.2, 0.25) is 0 Å². The Hall–Kier alpha value is -2.28. The Morgan fingerprint density at radius 2 is 1.94 bits per heavy atom. The molecule has 1 aromatic carbocycles. The molecular weight excluding hydrogens is 236 g/mol. The van der Waals surface area contributed by atoms with Crippen LogP contribution in [0.15, 0.2) is 30.3 Å². The van der Waals surface area contributed by atoms with E-state index in [1.165, 1.54) is 12.1 Å².